The minimum absolute atomic E-state index is 0.0339. The van der Waals surface area contributed by atoms with Crippen molar-refractivity contribution in [2.75, 3.05) is 5.32 Å². The quantitative estimate of drug-likeness (QED) is 0.719. The maximum atomic E-state index is 13.1. The Kier molecular flexibility index (Phi) is 6.08. The third-order valence-corrected chi connectivity index (χ3v) is 4.47. The molecule has 6 heteroatoms. The fourth-order valence-corrected chi connectivity index (χ4v) is 2.81. The lowest BCUT2D eigenvalue weighted by atomic mass is 9.90. The molecule has 2 aromatic rings. The van der Waals surface area contributed by atoms with Gasteiger partial charge in [-0.2, -0.15) is 0 Å². The molecule has 0 heterocycles. The molecular formula is C18H18Cl2FNO2. The van der Waals surface area contributed by atoms with Crippen molar-refractivity contribution in [1.82, 2.24) is 0 Å². The standard InChI is InChI=1S/C18H18Cl2FNO2/c1-10(12-3-6-17(23)15(20)8-12)7-11(2)18(24)22-13-4-5-16(21)14(19)9-13/h3-6,8-11,23H,7H2,1-2H3,(H,22,24). The van der Waals surface area contributed by atoms with Crippen molar-refractivity contribution in [3.05, 3.63) is 57.8 Å². The predicted octanol–water partition coefficient (Wildman–Crippen LogP) is 5.61. The van der Waals surface area contributed by atoms with Crippen LogP contribution in [0.2, 0.25) is 10.0 Å². The van der Waals surface area contributed by atoms with E-state index < -0.39 is 5.82 Å². The van der Waals surface area contributed by atoms with Crippen LogP contribution in [0.5, 0.6) is 5.75 Å². The van der Waals surface area contributed by atoms with Crippen LogP contribution in [0.3, 0.4) is 0 Å². The van der Waals surface area contributed by atoms with Gasteiger partial charge in [0.1, 0.15) is 11.6 Å². The molecule has 2 aromatic carbocycles. The SMILES string of the molecule is CC(CC(C)c1ccc(O)c(Cl)c1)C(=O)Nc1ccc(F)c(Cl)c1. The highest BCUT2D eigenvalue weighted by Crippen LogP contribution is 2.30. The second kappa shape index (κ2) is 7.86. The van der Waals surface area contributed by atoms with Crippen LogP contribution < -0.4 is 5.32 Å². The van der Waals surface area contributed by atoms with Crippen molar-refractivity contribution >= 4 is 34.8 Å². The first-order chi connectivity index (χ1) is 11.3. The van der Waals surface area contributed by atoms with E-state index in [1.165, 1.54) is 18.2 Å². The third kappa shape index (κ3) is 4.62. The van der Waals surface area contributed by atoms with Crippen molar-refractivity contribution in [2.45, 2.75) is 26.2 Å². The maximum Gasteiger partial charge on any atom is 0.227 e. The highest BCUT2D eigenvalue weighted by molar-refractivity contribution is 6.32. The number of anilines is 1. The van der Waals surface area contributed by atoms with Crippen LogP contribution in [0.25, 0.3) is 0 Å². The van der Waals surface area contributed by atoms with Crippen molar-refractivity contribution < 1.29 is 14.3 Å². The first-order valence-electron chi connectivity index (χ1n) is 7.52. The van der Waals surface area contributed by atoms with Gasteiger partial charge in [-0.15, -0.1) is 0 Å². The van der Waals surface area contributed by atoms with Gasteiger partial charge in [-0.1, -0.05) is 43.1 Å². The van der Waals surface area contributed by atoms with E-state index in [1.807, 2.05) is 13.8 Å². The maximum absolute atomic E-state index is 13.1. The number of rotatable bonds is 5. The molecule has 0 aliphatic carbocycles. The summed E-state index contributed by atoms with van der Waals surface area (Å²) in [7, 11) is 0. The number of carbonyl (C=O) groups is 1. The number of phenols is 1. The summed E-state index contributed by atoms with van der Waals surface area (Å²) in [5.41, 5.74) is 1.40. The largest absolute Gasteiger partial charge is 0.506 e. The fourth-order valence-electron chi connectivity index (χ4n) is 2.44. The summed E-state index contributed by atoms with van der Waals surface area (Å²) < 4.78 is 13.1. The number of aromatic hydroxyl groups is 1. The molecule has 0 aliphatic rings. The minimum Gasteiger partial charge on any atom is -0.506 e. The molecule has 2 rings (SSSR count). The van der Waals surface area contributed by atoms with E-state index >= 15 is 0 Å². The van der Waals surface area contributed by atoms with Gasteiger partial charge in [0.25, 0.3) is 0 Å². The Morgan fingerprint density at radius 2 is 1.88 bits per heavy atom. The summed E-state index contributed by atoms with van der Waals surface area (Å²) >= 11 is 11.6. The summed E-state index contributed by atoms with van der Waals surface area (Å²) in [5.74, 6) is -0.849. The Morgan fingerprint density at radius 1 is 1.17 bits per heavy atom. The fraction of sp³-hybridized carbons (Fsp3) is 0.278. The van der Waals surface area contributed by atoms with Gasteiger partial charge < -0.3 is 10.4 Å². The molecule has 0 bridgehead atoms. The zero-order chi connectivity index (χ0) is 17.9. The van der Waals surface area contributed by atoms with E-state index in [9.17, 15) is 14.3 Å². The van der Waals surface area contributed by atoms with E-state index in [0.717, 1.165) is 5.56 Å². The van der Waals surface area contributed by atoms with Crippen molar-refractivity contribution in [3.63, 3.8) is 0 Å². The first kappa shape index (κ1) is 18.6. The van der Waals surface area contributed by atoms with Crippen LogP contribution in [0.1, 0.15) is 31.7 Å². The second-order valence-corrected chi connectivity index (χ2v) is 6.68. The van der Waals surface area contributed by atoms with Crippen LogP contribution in [0.15, 0.2) is 36.4 Å². The highest BCUT2D eigenvalue weighted by Gasteiger charge is 2.18. The minimum atomic E-state index is -0.527. The zero-order valence-corrected chi connectivity index (χ0v) is 14.8. The molecule has 0 saturated heterocycles. The number of amides is 1. The van der Waals surface area contributed by atoms with Crippen LogP contribution in [-0.2, 0) is 4.79 Å². The van der Waals surface area contributed by atoms with Gasteiger partial charge in [0.15, 0.2) is 0 Å². The number of hydrogen-bond acceptors (Lipinski definition) is 2. The van der Waals surface area contributed by atoms with Crippen molar-refractivity contribution in [1.29, 1.82) is 0 Å². The molecule has 0 aromatic heterocycles. The number of hydrogen-bond donors (Lipinski definition) is 2. The number of nitrogens with one attached hydrogen (secondary N) is 1. The Labute approximate surface area is 150 Å². The molecule has 3 nitrogen and oxygen atoms in total. The van der Waals surface area contributed by atoms with Gasteiger partial charge in [-0.05, 0) is 48.2 Å². The molecule has 128 valence electrons. The summed E-state index contributed by atoms with van der Waals surface area (Å²) in [5, 5.41) is 12.5. The van der Waals surface area contributed by atoms with Crippen molar-refractivity contribution in [2.24, 2.45) is 5.92 Å². The zero-order valence-electron chi connectivity index (χ0n) is 13.3. The number of phenolic OH excluding ortho intramolecular Hbond substituents is 1. The molecule has 24 heavy (non-hydrogen) atoms. The molecule has 0 radical (unpaired) electrons. The molecule has 2 N–H and O–H groups in total. The van der Waals surface area contributed by atoms with Gasteiger partial charge in [0.05, 0.1) is 10.0 Å². The third-order valence-electron chi connectivity index (χ3n) is 3.88. The number of benzene rings is 2. The van der Waals surface area contributed by atoms with Gasteiger partial charge in [-0.25, -0.2) is 4.39 Å². The number of halogens is 3. The normalized spacial score (nSPS) is 13.4. The summed E-state index contributed by atoms with van der Waals surface area (Å²) in [6.45, 7) is 3.81. The lowest BCUT2D eigenvalue weighted by molar-refractivity contribution is -0.119. The Morgan fingerprint density at radius 3 is 2.50 bits per heavy atom. The highest BCUT2D eigenvalue weighted by atomic mass is 35.5. The van der Waals surface area contributed by atoms with Crippen LogP contribution in [0, 0.1) is 11.7 Å². The Hall–Kier alpha value is -1.78. The van der Waals surface area contributed by atoms with Gasteiger partial charge >= 0.3 is 0 Å². The molecule has 1 amide bonds. The lowest BCUT2D eigenvalue weighted by Crippen LogP contribution is -2.21. The summed E-state index contributed by atoms with van der Waals surface area (Å²) in [6, 6.07) is 9.09. The molecule has 0 fully saturated rings. The smallest absolute Gasteiger partial charge is 0.227 e. The average Bonchev–Trinajstić information content (AvgIpc) is 2.53. The monoisotopic (exact) mass is 369 g/mol. The topological polar surface area (TPSA) is 49.3 Å². The Balaban J connectivity index is 1.99. The second-order valence-electron chi connectivity index (χ2n) is 5.87. The van der Waals surface area contributed by atoms with E-state index in [-0.39, 0.29) is 33.5 Å². The van der Waals surface area contributed by atoms with E-state index in [2.05, 4.69) is 5.32 Å². The van der Waals surface area contributed by atoms with Gasteiger partial charge in [-0.3, -0.25) is 4.79 Å². The number of carbonyl (C=O) groups excluding carboxylic acids is 1. The van der Waals surface area contributed by atoms with Gasteiger partial charge in [0.2, 0.25) is 5.91 Å². The average molecular weight is 370 g/mol. The molecule has 0 saturated carbocycles. The van der Waals surface area contributed by atoms with Crippen LogP contribution >= 0.6 is 23.2 Å². The van der Waals surface area contributed by atoms with E-state index in [0.29, 0.717) is 12.1 Å². The van der Waals surface area contributed by atoms with Gasteiger partial charge in [0, 0.05) is 11.6 Å². The molecule has 0 spiro atoms. The molecule has 2 unspecified atom stereocenters. The van der Waals surface area contributed by atoms with E-state index in [1.54, 1.807) is 18.2 Å². The van der Waals surface area contributed by atoms with Crippen LogP contribution in [0.4, 0.5) is 10.1 Å². The molecule has 0 aliphatic heterocycles. The lowest BCUT2D eigenvalue weighted by Gasteiger charge is -2.18. The molecular weight excluding hydrogens is 352 g/mol. The van der Waals surface area contributed by atoms with Crippen molar-refractivity contribution in [3.8, 4) is 5.75 Å². The summed E-state index contributed by atoms with van der Waals surface area (Å²) in [4.78, 5) is 12.3. The first-order valence-corrected chi connectivity index (χ1v) is 8.28. The molecule has 2 atom stereocenters. The summed E-state index contributed by atoms with van der Waals surface area (Å²) in [6.07, 6.45) is 0.599. The predicted molar refractivity (Wildman–Crippen MR) is 95.4 cm³/mol. The van der Waals surface area contributed by atoms with Crippen LogP contribution in [-0.4, -0.2) is 11.0 Å². The Bertz CT molecular complexity index is 752. The van der Waals surface area contributed by atoms with E-state index in [4.69, 9.17) is 23.2 Å².